The van der Waals surface area contributed by atoms with Crippen LogP contribution in [0.3, 0.4) is 0 Å². The maximum absolute atomic E-state index is 3.24. The summed E-state index contributed by atoms with van der Waals surface area (Å²) < 4.78 is 0. The third kappa shape index (κ3) is 1.58. The lowest BCUT2D eigenvalue weighted by Crippen LogP contribution is -2.23. The van der Waals surface area contributed by atoms with Gasteiger partial charge in [-0.15, -0.1) is 0 Å². The zero-order chi connectivity index (χ0) is 12.8. The van der Waals surface area contributed by atoms with Gasteiger partial charge in [0.15, 0.2) is 0 Å². The molecule has 0 spiro atoms. The Morgan fingerprint density at radius 3 is 2.95 bits per heavy atom. The molecule has 0 radical (unpaired) electrons. The molecule has 1 atom stereocenters. The van der Waals surface area contributed by atoms with Crippen molar-refractivity contribution in [2.24, 2.45) is 5.92 Å². The third-order valence-corrected chi connectivity index (χ3v) is 4.26. The average molecular weight is 247 g/mol. The molecule has 1 heteroatoms. The molecule has 4 rings (SSSR count). The number of hydrogen-bond donors (Lipinski definition) is 1. The minimum atomic E-state index is 0.477. The van der Waals surface area contributed by atoms with E-state index in [0.29, 0.717) is 5.92 Å². The Hall–Kier alpha value is -1.86. The molecule has 0 amide bonds. The highest BCUT2D eigenvalue weighted by Crippen LogP contribution is 2.47. The van der Waals surface area contributed by atoms with Gasteiger partial charge in [0.25, 0.3) is 0 Å². The van der Waals surface area contributed by atoms with Gasteiger partial charge in [0.1, 0.15) is 0 Å². The van der Waals surface area contributed by atoms with Gasteiger partial charge < -0.3 is 5.32 Å². The van der Waals surface area contributed by atoms with Crippen LogP contribution in [0, 0.1) is 5.92 Å². The Bertz CT molecular complexity index is 660. The Kier molecular flexibility index (Phi) is 2.36. The van der Waals surface area contributed by atoms with Gasteiger partial charge in [0.2, 0.25) is 0 Å². The van der Waals surface area contributed by atoms with E-state index in [0.717, 1.165) is 13.0 Å². The average Bonchev–Trinajstić information content (AvgIpc) is 2.45. The lowest BCUT2D eigenvalue weighted by Gasteiger charge is -2.36. The lowest BCUT2D eigenvalue weighted by atomic mass is 9.68. The van der Waals surface area contributed by atoms with Crippen LogP contribution < -0.4 is 5.32 Å². The molecule has 4 aliphatic carbocycles. The lowest BCUT2D eigenvalue weighted by molar-refractivity contribution is 0.810. The molecule has 0 fully saturated rings. The van der Waals surface area contributed by atoms with E-state index >= 15 is 0 Å². The highest BCUT2D eigenvalue weighted by Gasteiger charge is 2.32. The molecule has 0 bridgehead atoms. The second-order valence-corrected chi connectivity index (χ2v) is 5.49. The summed E-state index contributed by atoms with van der Waals surface area (Å²) in [5, 5.41) is 3.24. The van der Waals surface area contributed by atoms with Crippen LogP contribution in [-0.4, -0.2) is 13.6 Å². The molecule has 0 saturated carbocycles. The van der Waals surface area contributed by atoms with Crippen molar-refractivity contribution in [1.29, 1.82) is 0 Å². The molecule has 0 aliphatic heterocycles. The van der Waals surface area contributed by atoms with Crippen LogP contribution in [0.25, 0.3) is 0 Å². The summed E-state index contributed by atoms with van der Waals surface area (Å²) in [5.41, 5.74) is 8.69. The number of allylic oxidation sites excluding steroid dienone is 12. The molecule has 0 aromatic rings. The highest BCUT2D eigenvalue weighted by molar-refractivity contribution is 5.67. The Morgan fingerprint density at radius 2 is 2.05 bits per heavy atom. The van der Waals surface area contributed by atoms with E-state index in [4.69, 9.17) is 0 Å². The smallest absolute Gasteiger partial charge is 0.0348 e. The Balaban J connectivity index is 1.89. The van der Waals surface area contributed by atoms with E-state index in [1.165, 1.54) is 33.4 Å². The summed E-state index contributed by atoms with van der Waals surface area (Å²) in [7, 11) is 2.00. The van der Waals surface area contributed by atoms with E-state index in [9.17, 15) is 0 Å². The van der Waals surface area contributed by atoms with Gasteiger partial charge in [0, 0.05) is 12.5 Å². The molecule has 4 aliphatic rings. The normalized spacial score (nSPS) is 26.5. The molecule has 1 unspecified atom stereocenters. The maximum Gasteiger partial charge on any atom is 0.0348 e. The minimum absolute atomic E-state index is 0.477. The number of hydrogen-bond acceptors (Lipinski definition) is 1. The van der Waals surface area contributed by atoms with Crippen LogP contribution in [0.1, 0.15) is 6.42 Å². The topological polar surface area (TPSA) is 12.0 Å². The summed E-state index contributed by atoms with van der Waals surface area (Å²) in [6.45, 7) is 0.934. The van der Waals surface area contributed by atoms with Crippen LogP contribution in [0.2, 0.25) is 0 Å². The number of likely N-dealkylation sites (N-methyl/N-ethyl adjacent to an activating group) is 1. The third-order valence-electron chi connectivity index (χ3n) is 4.26. The molecule has 1 N–H and O–H groups in total. The molecule has 0 aromatic heterocycles. The Morgan fingerprint density at radius 1 is 1.11 bits per heavy atom. The second kappa shape index (κ2) is 4.07. The molecular weight excluding hydrogens is 230 g/mol. The fourth-order valence-corrected chi connectivity index (χ4v) is 3.49. The van der Waals surface area contributed by atoms with Crippen LogP contribution in [0.4, 0.5) is 0 Å². The van der Waals surface area contributed by atoms with Crippen LogP contribution in [0.5, 0.6) is 0 Å². The van der Waals surface area contributed by atoms with Crippen molar-refractivity contribution in [1.82, 2.24) is 5.32 Å². The van der Waals surface area contributed by atoms with Crippen molar-refractivity contribution in [3.05, 3.63) is 82.0 Å². The molecule has 0 aromatic carbocycles. The van der Waals surface area contributed by atoms with Gasteiger partial charge >= 0.3 is 0 Å². The first-order chi connectivity index (χ1) is 9.36. The summed E-state index contributed by atoms with van der Waals surface area (Å²) in [5.74, 6) is 0.477. The molecule has 0 saturated heterocycles. The first-order valence-corrected chi connectivity index (χ1v) is 6.93. The molecule has 94 valence electrons. The van der Waals surface area contributed by atoms with E-state index in [-0.39, 0.29) is 0 Å². The monoisotopic (exact) mass is 247 g/mol. The summed E-state index contributed by atoms with van der Waals surface area (Å²) in [4.78, 5) is 0. The first-order valence-electron chi connectivity index (χ1n) is 6.93. The van der Waals surface area contributed by atoms with Gasteiger partial charge in [-0.1, -0.05) is 48.6 Å². The standard InChI is InChI=1S/C18H17N/c1-19-11-12-9-15-7-5-13-3-2-4-14-6-8-16(10-12)18(15)17(13)14/h2-3,5-10,18-19H,4,11H2,1H3. The molecule has 0 heterocycles. The zero-order valence-electron chi connectivity index (χ0n) is 11.1. The quantitative estimate of drug-likeness (QED) is 0.788. The predicted molar refractivity (Wildman–Crippen MR) is 79.7 cm³/mol. The summed E-state index contributed by atoms with van der Waals surface area (Å²) in [6, 6.07) is 0. The predicted octanol–water partition coefficient (Wildman–Crippen LogP) is 3.38. The van der Waals surface area contributed by atoms with Gasteiger partial charge in [-0.05, 0) is 46.9 Å². The summed E-state index contributed by atoms with van der Waals surface area (Å²) in [6.07, 6.45) is 19.5. The number of rotatable bonds is 2. The zero-order valence-corrected chi connectivity index (χ0v) is 11.1. The SMILES string of the molecule is CNCC1=CC2=CC=C3CC=CC4=C3C2C(=C1)C=C4. The van der Waals surface area contributed by atoms with Crippen molar-refractivity contribution in [2.75, 3.05) is 13.6 Å². The van der Waals surface area contributed by atoms with Gasteiger partial charge in [0.05, 0.1) is 0 Å². The van der Waals surface area contributed by atoms with Gasteiger partial charge in [-0.3, -0.25) is 0 Å². The maximum atomic E-state index is 3.24. The number of nitrogens with one attached hydrogen (secondary N) is 1. The van der Waals surface area contributed by atoms with E-state index < -0.39 is 0 Å². The molecular formula is C18H17N. The van der Waals surface area contributed by atoms with Gasteiger partial charge in [-0.2, -0.15) is 0 Å². The largest absolute Gasteiger partial charge is 0.316 e. The fourth-order valence-electron chi connectivity index (χ4n) is 3.49. The summed E-state index contributed by atoms with van der Waals surface area (Å²) >= 11 is 0. The van der Waals surface area contributed by atoms with Crippen molar-refractivity contribution in [3.8, 4) is 0 Å². The van der Waals surface area contributed by atoms with Crippen molar-refractivity contribution in [2.45, 2.75) is 6.42 Å². The Labute approximate surface area is 114 Å². The van der Waals surface area contributed by atoms with Crippen LogP contribution in [0.15, 0.2) is 82.0 Å². The van der Waals surface area contributed by atoms with Crippen LogP contribution in [-0.2, 0) is 0 Å². The van der Waals surface area contributed by atoms with Crippen molar-refractivity contribution >= 4 is 0 Å². The highest BCUT2D eigenvalue weighted by atomic mass is 14.8. The van der Waals surface area contributed by atoms with E-state index in [2.05, 4.69) is 53.9 Å². The van der Waals surface area contributed by atoms with E-state index in [1.807, 2.05) is 7.05 Å². The minimum Gasteiger partial charge on any atom is -0.316 e. The fraction of sp³-hybridized carbons (Fsp3) is 0.222. The van der Waals surface area contributed by atoms with Crippen molar-refractivity contribution in [3.63, 3.8) is 0 Å². The molecule has 1 nitrogen and oxygen atoms in total. The first kappa shape index (κ1) is 11.0. The molecule has 19 heavy (non-hydrogen) atoms. The van der Waals surface area contributed by atoms with Crippen LogP contribution >= 0.6 is 0 Å². The van der Waals surface area contributed by atoms with E-state index in [1.54, 1.807) is 0 Å². The van der Waals surface area contributed by atoms with Gasteiger partial charge in [-0.25, -0.2) is 0 Å². The second-order valence-electron chi connectivity index (χ2n) is 5.49. The van der Waals surface area contributed by atoms with Crippen molar-refractivity contribution < 1.29 is 0 Å².